The fourth-order valence-electron chi connectivity index (χ4n) is 4.28. The Balaban J connectivity index is 1.47. The molecule has 1 saturated heterocycles. The molecule has 6 nitrogen and oxygen atoms in total. The number of amides is 3. The molecule has 0 aliphatic carbocycles. The second kappa shape index (κ2) is 8.61. The number of urea groups is 1. The zero-order valence-corrected chi connectivity index (χ0v) is 18.5. The molecule has 0 aromatic heterocycles. The Bertz CT molecular complexity index is 963. The number of benzene rings is 2. The molecule has 0 bridgehead atoms. The quantitative estimate of drug-likeness (QED) is 0.681. The van der Waals surface area contributed by atoms with Gasteiger partial charge in [0.2, 0.25) is 0 Å². The van der Waals surface area contributed by atoms with Crippen molar-refractivity contribution in [2.45, 2.75) is 57.9 Å². The van der Waals surface area contributed by atoms with Crippen molar-refractivity contribution in [3.05, 3.63) is 53.6 Å². The largest absolute Gasteiger partial charge is 0.493 e. The molecule has 1 unspecified atom stereocenters. The zero-order chi connectivity index (χ0) is 22.0. The van der Waals surface area contributed by atoms with Gasteiger partial charge < -0.3 is 20.3 Å². The molecule has 0 saturated carbocycles. The van der Waals surface area contributed by atoms with Crippen molar-refractivity contribution < 1.29 is 14.3 Å². The van der Waals surface area contributed by atoms with Gasteiger partial charge in [0.15, 0.2) is 0 Å². The Hall–Kier alpha value is -3.02. The van der Waals surface area contributed by atoms with Crippen LogP contribution in [0, 0.1) is 0 Å². The predicted molar refractivity (Wildman–Crippen MR) is 123 cm³/mol. The summed E-state index contributed by atoms with van der Waals surface area (Å²) in [5.41, 5.74) is 3.05. The van der Waals surface area contributed by atoms with E-state index in [4.69, 9.17) is 4.74 Å². The number of ether oxygens (including phenoxy) is 1. The van der Waals surface area contributed by atoms with Gasteiger partial charge in [-0.05, 0) is 60.6 Å². The van der Waals surface area contributed by atoms with Crippen LogP contribution in [0.15, 0.2) is 42.5 Å². The number of fused-ring (bicyclic) bond motifs is 2. The third-order valence-corrected chi connectivity index (χ3v) is 6.07. The Kier molecular flexibility index (Phi) is 5.90. The maximum absolute atomic E-state index is 13.2. The maximum atomic E-state index is 13.2. The first kappa shape index (κ1) is 21.2. The van der Waals surface area contributed by atoms with E-state index in [1.807, 2.05) is 29.2 Å². The molecular formula is C25H31N3O3. The molecule has 2 aromatic rings. The van der Waals surface area contributed by atoms with Crippen molar-refractivity contribution >= 4 is 23.3 Å². The van der Waals surface area contributed by atoms with E-state index in [9.17, 15) is 9.59 Å². The van der Waals surface area contributed by atoms with Gasteiger partial charge in [-0.1, -0.05) is 32.9 Å². The Labute approximate surface area is 184 Å². The molecule has 2 N–H and O–H groups in total. The standard InChI is InChI=1S/C25H31N3O3/c1-25(2,3)17-7-9-18(10-8-17)26-24(30)27-19-11-12-22-21(16-19)23(29)28-14-5-4-6-20(28)13-15-31-22/h7-12,16,20H,4-6,13-15H2,1-3H3,(H2,26,27,30). The van der Waals surface area contributed by atoms with Crippen LogP contribution >= 0.6 is 0 Å². The van der Waals surface area contributed by atoms with E-state index in [0.29, 0.717) is 29.3 Å². The summed E-state index contributed by atoms with van der Waals surface area (Å²) < 4.78 is 5.87. The van der Waals surface area contributed by atoms with Crippen LogP contribution in [0.4, 0.5) is 16.2 Å². The first-order chi connectivity index (χ1) is 14.8. The monoisotopic (exact) mass is 421 g/mol. The lowest BCUT2D eigenvalue weighted by Gasteiger charge is -2.37. The van der Waals surface area contributed by atoms with Crippen LogP contribution < -0.4 is 15.4 Å². The third kappa shape index (κ3) is 4.84. The topological polar surface area (TPSA) is 70.7 Å². The maximum Gasteiger partial charge on any atom is 0.323 e. The van der Waals surface area contributed by atoms with Crippen LogP contribution in [0.1, 0.15) is 62.4 Å². The van der Waals surface area contributed by atoms with E-state index in [1.54, 1.807) is 18.2 Å². The number of hydrogen-bond donors (Lipinski definition) is 2. The lowest BCUT2D eigenvalue weighted by Crippen LogP contribution is -2.45. The van der Waals surface area contributed by atoms with Crippen molar-refractivity contribution in [3.63, 3.8) is 0 Å². The Morgan fingerprint density at radius 1 is 1.00 bits per heavy atom. The summed E-state index contributed by atoms with van der Waals surface area (Å²) in [7, 11) is 0. The molecule has 2 heterocycles. The van der Waals surface area contributed by atoms with Gasteiger partial charge in [0.25, 0.3) is 5.91 Å². The summed E-state index contributed by atoms with van der Waals surface area (Å²) in [4.78, 5) is 27.7. The molecule has 1 atom stereocenters. The minimum atomic E-state index is -0.349. The Morgan fingerprint density at radius 3 is 2.45 bits per heavy atom. The van der Waals surface area contributed by atoms with Crippen molar-refractivity contribution in [1.29, 1.82) is 0 Å². The van der Waals surface area contributed by atoms with Crippen LogP contribution in [-0.4, -0.2) is 36.0 Å². The van der Waals surface area contributed by atoms with Gasteiger partial charge in [0, 0.05) is 30.4 Å². The lowest BCUT2D eigenvalue weighted by atomic mass is 9.87. The van der Waals surface area contributed by atoms with Gasteiger partial charge >= 0.3 is 6.03 Å². The number of nitrogens with one attached hydrogen (secondary N) is 2. The smallest absolute Gasteiger partial charge is 0.323 e. The number of piperidine rings is 1. The zero-order valence-electron chi connectivity index (χ0n) is 18.5. The fraction of sp³-hybridized carbons (Fsp3) is 0.440. The van der Waals surface area contributed by atoms with Gasteiger partial charge in [-0.15, -0.1) is 0 Å². The lowest BCUT2D eigenvalue weighted by molar-refractivity contribution is 0.0548. The highest BCUT2D eigenvalue weighted by Crippen LogP contribution is 2.31. The summed E-state index contributed by atoms with van der Waals surface area (Å²) in [6.07, 6.45) is 4.08. The normalized spacial score (nSPS) is 18.7. The van der Waals surface area contributed by atoms with Crippen molar-refractivity contribution in [1.82, 2.24) is 4.90 Å². The SMILES string of the molecule is CC(C)(C)c1ccc(NC(=O)Nc2ccc3c(c2)C(=O)N2CCCCC2CCO3)cc1. The van der Waals surface area contributed by atoms with E-state index >= 15 is 0 Å². The molecule has 6 heteroatoms. The molecule has 164 valence electrons. The van der Waals surface area contributed by atoms with Crippen molar-refractivity contribution in [3.8, 4) is 5.75 Å². The average Bonchev–Trinajstić information content (AvgIpc) is 2.73. The van der Waals surface area contributed by atoms with Gasteiger partial charge in [-0.2, -0.15) is 0 Å². The number of nitrogens with zero attached hydrogens (tertiary/aromatic N) is 1. The molecule has 0 radical (unpaired) electrons. The fourth-order valence-corrected chi connectivity index (χ4v) is 4.28. The minimum absolute atomic E-state index is 0.0128. The van der Waals surface area contributed by atoms with E-state index in [-0.39, 0.29) is 23.4 Å². The average molecular weight is 422 g/mol. The van der Waals surface area contributed by atoms with Gasteiger partial charge in [0.1, 0.15) is 5.75 Å². The molecule has 2 aliphatic rings. The van der Waals surface area contributed by atoms with Gasteiger partial charge in [0.05, 0.1) is 12.2 Å². The summed E-state index contributed by atoms with van der Waals surface area (Å²) in [6.45, 7) is 7.84. The number of carbonyl (C=O) groups excluding carboxylic acids is 2. The second-order valence-electron chi connectivity index (χ2n) is 9.40. The second-order valence-corrected chi connectivity index (χ2v) is 9.40. The van der Waals surface area contributed by atoms with E-state index in [1.165, 1.54) is 5.56 Å². The van der Waals surface area contributed by atoms with Gasteiger partial charge in [-0.3, -0.25) is 4.79 Å². The molecule has 3 amide bonds. The molecule has 1 fully saturated rings. The van der Waals surface area contributed by atoms with Crippen molar-refractivity contribution in [2.75, 3.05) is 23.8 Å². The molecule has 2 aromatic carbocycles. The van der Waals surface area contributed by atoms with E-state index in [2.05, 4.69) is 31.4 Å². The summed E-state index contributed by atoms with van der Waals surface area (Å²) in [6, 6.07) is 13.0. The van der Waals surface area contributed by atoms with Crippen LogP contribution in [0.5, 0.6) is 5.75 Å². The molecule has 2 aliphatic heterocycles. The number of anilines is 2. The summed E-state index contributed by atoms with van der Waals surface area (Å²) in [5, 5.41) is 5.69. The Morgan fingerprint density at radius 2 is 1.71 bits per heavy atom. The van der Waals surface area contributed by atoms with Gasteiger partial charge in [-0.25, -0.2) is 4.79 Å². The number of hydrogen-bond acceptors (Lipinski definition) is 3. The van der Waals surface area contributed by atoms with Crippen LogP contribution in [-0.2, 0) is 5.41 Å². The van der Waals surface area contributed by atoms with Crippen molar-refractivity contribution in [2.24, 2.45) is 0 Å². The highest BCUT2D eigenvalue weighted by molar-refractivity contribution is 6.02. The molecule has 0 spiro atoms. The van der Waals surface area contributed by atoms with Crippen LogP contribution in [0.2, 0.25) is 0 Å². The highest BCUT2D eigenvalue weighted by Gasteiger charge is 2.31. The van der Waals surface area contributed by atoms with Crippen LogP contribution in [0.3, 0.4) is 0 Å². The summed E-state index contributed by atoms with van der Waals surface area (Å²) >= 11 is 0. The first-order valence-electron chi connectivity index (χ1n) is 11.1. The number of carbonyl (C=O) groups is 2. The summed E-state index contributed by atoms with van der Waals surface area (Å²) in [5.74, 6) is 0.568. The first-order valence-corrected chi connectivity index (χ1v) is 11.1. The van der Waals surface area contributed by atoms with E-state index in [0.717, 1.165) is 32.2 Å². The minimum Gasteiger partial charge on any atom is -0.493 e. The molecular weight excluding hydrogens is 390 g/mol. The number of rotatable bonds is 2. The van der Waals surface area contributed by atoms with E-state index < -0.39 is 0 Å². The molecule has 31 heavy (non-hydrogen) atoms. The predicted octanol–water partition coefficient (Wildman–Crippen LogP) is 5.41. The molecule has 4 rings (SSSR count). The highest BCUT2D eigenvalue weighted by atomic mass is 16.5. The van der Waals surface area contributed by atoms with Crippen LogP contribution in [0.25, 0.3) is 0 Å². The third-order valence-electron chi connectivity index (χ3n) is 6.07.